The lowest BCUT2D eigenvalue weighted by Gasteiger charge is -1.89. The second kappa shape index (κ2) is 4.65. The average Bonchev–Trinajstić information content (AvgIpc) is 2.74. The molecule has 0 bridgehead atoms. The van der Waals surface area contributed by atoms with Crippen LogP contribution in [0.1, 0.15) is 10.6 Å². The Labute approximate surface area is 109 Å². The monoisotopic (exact) mass is 317 g/mol. The summed E-state index contributed by atoms with van der Waals surface area (Å²) in [5.41, 5.74) is 0.812. The van der Waals surface area contributed by atoms with Crippen molar-refractivity contribution < 1.29 is 9.90 Å². The quantitative estimate of drug-likeness (QED) is 0.941. The molecule has 0 saturated carbocycles. The standard InChI is InChI=1S/C10H8BrNO2S2/c1-5-7(3-9(13)14)16-10(12-5)8-2-6(11)4-15-8/h2,4H,3H2,1H3,(H,13,14). The van der Waals surface area contributed by atoms with Crippen LogP contribution in [-0.2, 0) is 11.2 Å². The molecule has 6 heteroatoms. The predicted molar refractivity (Wildman–Crippen MR) is 69.2 cm³/mol. The summed E-state index contributed by atoms with van der Waals surface area (Å²) in [7, 11) is 0. The van der Waals surface area contributed by atoms with Crippen LogP contribution >= 0.6 is 38.6 Å². The van der Waals surface area contributed by atoms with Gasteiger partial charge in [-0.3, -0.25) is 4.79 Å². The van der Waals surface area contributed by atoms with Crippen LogP contribution in [0.25, 0.3) is 9.88 Å². The molecule has 84 valence electrons. The van der Waals surface area contributed by atoms with Crippen molar-refractivity contribution >= 4 is 44.6 Å². The Morgan fingerprint density at radius 3 is 2.94 bits per heavy atom. The third kappa shape index (κ3) is 2.50. The molecule has 0 aliphatic carbocycles. The molecular formula is C10H8BrNO2S2. The summed E-state index contributed by atoms with van der Waals surface area (Å²) in [6.45, 7) is 1.85. The molecule has 0 radical (unpaired) electrons. The lowest BCUT2D eigenvalue weighted by atomic mass is 10.3. The maximum absolute atomic E-state index is 10.6. The molecule has 0 atom stereocenters. The number of carboxylic acids is 1. The molecule has 0 amide bonds. The fraction of sp³-hybridized carbons (Fsp3) is 0.200. The van der Waals surface area contributed by atoms with Crippen LogP contribution in [0.5, 0.6) is 0 Å². The molecule has 0 aromatic carbocycles. The highest BCUT2D eigenvalue weighted by Gasteiger charge is 2.13. The maximum Gasteiger partial charge on any atom is 0.308 e. The van der Waals surface area contributed by atoms with E-state index in [9.17, 15) is 4.79 Å². The van der Waals surface area contributed by atoms with E-state index in [1.807, 2.05) is 18.4 Å². The minimum Gasteiger partial charge on any atom is -0.481 e. The van der Waals surface area contributed by atoms with Crippen molar-refractivity contribution in [1.82, 2.24) is 4.98 Å². The number of aromatic nitrogens is 1. The summed E-state index contributed by atoms with van der Waals surface area (Å²) in [6.07, 6.45) is 0.0516. The number of aryl methyl sites for hydroxylation is 1. The number of rotatable bonds is 3. The second-order valence-electron chi connectivity index (χ2n) is 3.23. The maximum atomic E-state index is 10.6. The first kappa shape index (κ1) is 11.8. The summed E-state index contributed by atoms with van der Waals surface area (Å²) >= 11 is 6.44. The van der Waals surface area contributed by atoms with E-state index < -0.39 is 5.97 Å². The summed E-state index contributed by atoms with van der Waals surface area (Å²) in [4.78, 5) is 16.9. The van der Waals surface area contributed by atoms with Gasteiger partial charge in [-0.2, -0.15) is 0 Å². The number of carbonyl (C=O) groups is 1. The molecule has 0 unspecified atom stereocenters. The molecule has 2 aromatic rings. The Hall–Kier alpha value is -0.720. The molecule has 0 saturated heterocycles. The van der Waals surface area contributed by atoms with Gasteiger partial charge in [0.1, 0.15) is 5.01 Å². The lowest BCUT2D eigenvalue weighted by Crippen LogP contribution is -1.99. The minimum absolute atomic E-state index is 0.0516. The van der Waals surface area contributed by atoms with Gasteiger partial charge in [-0.25, -0.2) is 4.98 Å². The van der Waals surface area contributed by atoms with Crippen LogP contribution < -0.4 is 0 Å². The zero-order valence-corrected chi connectivity index (χ0v) is 11.6. The highest BCUT2D eigenvalue weighted by molar-refractivity contribution is 9.10. The molecule has 0 fully saturated rings. The highest BCUT2D eigenvalue weighted by atomic mass is 79.9. The normalized spacial score (nSPS) is 10.6. The number of thiophene rings is 1. The van der Waals surface area contributed by atoms with Crippen LogP contribution in [-0.4, -0.2) is 16.1 Å². The van der Waals surface area contributed by atoms with Crippen molar-refractivity contribution in [3.05, 3.63) is 26.5 Å². The van der Waals surface area contributed by atoms with Gasteiger partial charge in [0.25, 0.3) is 0 Å². The summed E-state index contributed by atoms with van der Waals surface area (Å²) in [5.74, 6) is -0.814. The van der Waals surface area contributed by atoms with Crippen molar-refractivity contribution in [3.63, 3.8) is 0 Å². The number of hydrogen-bond acceptors (Lipinski definition) is 4. The largest absolute Gasteiger partial charge is 0.481 e. The fourth-order valence-corrected chi connectivity index (χ4v) is 3.80. The van der Waals surface area contributed by atoms with E-state index in [-0.39, 0.29) is 6.42 Å². The highest BCUT2D eigenvalue weighted by Crippen LogP contribution is 2.34. The summed E-state index contributed by atoms with van der Waals surface area (Å²) in [6, 6.07) is 1.99. The Morgan fingerprint density at radius 1 is 1.62 bits per heavy atom. The van der Waals surface area contributed by atoms with Crippen molar-refractivity contribution in [2.75, 3.05) is 0 Å². The van der Waals surface area contributed by atoms with Crippen LogP contribution in [0.3, 0.4) is 0 Å². The first-order valence-corrected chi connectivity index (χ1v) is 6.97. The lowest BCUT2D eigenvalue weighted by molar-refractivity contribution is -0.136. The smallest absolute Gasteiger partial charge is 0.308 e. The van der Waals surface area contributed by atoms with E-state index in [4.69, 9.17) is 5.11 Å². The average molecular weight is 318 g/mol. The van der Waals surface area contributed by atoms with Gasteiger partial charge in [-0.15, -0.1) is 22.7 Å². The topological polar surface area (TPSA) is 50.2 Å². The molecule has 3 nitrogen and oxygen atoms in total. The Morgan fingerprint density at radius 2 is 2.38 bits per heavy atom. The van der Waals surface area contributed by atoms with E-state index in [0.29, 0.717) is 0 Å². The molecule has 0 aliphatic heterocycles. The molecule has 0 aliphatic rings. The first-order chi connectivity index (χ1) is 7.56. The van der Waals surface area contributed by atoms with E-state index >= 15 is 0 Å². The van der Waals surface area contributed by atoms with Gasteiger partial charge in [0.05, 0.1) is 17.0 Å². The van der Waals surface area contributed by atoms with E-state index in [0.717, 1.165) is 24.9 Å². The third-order valence-corrected chi connectivity index (χ3v) is 5.00. The van der Waals surface area contributed by atoms with Gasteiger partial charge in [-0.05, 0) is 28.9 Å². The van der Waals surface area contributed by atoms with Gasteiger partial charge in [-0.1, -0.05) is 0 Å². The molecule has 16 heavy (non-hydrogen) atoms. The van der Waals surface area contributed by atoms with E-state index in [1.54, 1.807) is 11.3 Å². The van der Waals surface area contributed by atoms with Crippen molar-refractivity contribution in [2.45, 2.75) is 13.3 Å². The van der Waals surface area contributed by atoms with E-state index in [2.05, 4.69) is 20.9 Å². The van der Waals surface area contributed by atoms with Gasteiger partial charge in [0.15, 0.2) is 0 Å². The number of aliphatic carboxylic acids is 1. The van der Waals surface area contributed by atoms with Crippen molar-refractivity contribution in [3.8, 4) is 9.88 Å². The predicted octanol–water partition coefficient (Wildman–Crippen LogP) is 3.57. The van der Waals surface area contributed by atoms with Crippen LogP contribution in [0.15, 0.2) is 15.9 Å². The summed E-state index contributed by atoms with van der Waals surface area (Å²) in [5, 5.41) is 11.6. The molecular weight excluding hydrogens is 310 g/mol. The zero-order chi connectivity index (χ0) is 11.7. The molecule has 0 spiro atoms. The van der Waals surface area contributed by atoms with Crippen molar-refractivity contribution in [2.24, 2.45) is 0 Å². The number of thiazole rings is 1. The number of halogens is 1. The van der Waals surface area contributed by atoms with Crippen LogP contribution in [0.2, 0.25) is 0 Å². The fourth-order valence-electron chi connectivity index (χ4n) is 1.26. The molecule has 2 heterocycles. The second-order valence-corrected chi connectivity index (χ2v) is 6.14. The van der Waals surface area contributed by atoms with Gasteiger partial charge in [0.2, 0.25) is 0 Å². The molecule has 1 N–H and O–H groups in total. The Bertz CT molecular complexity index is 533. The number of hydrogen-bond donors (Lipinski definition) is 1. The van der Waals surface area contributed by atoms with Gasteiger partial charge in [0, 0.05) is 14.7 Å². The first-order valence-electron chi connectivity index (χ1n) is 4.49. The van der Waals surface area contributed by atoms with Crippen LogP contribution in [0.4, 0.5) is 0 Å². The number of nitrogens with zero attached hydrogens (tertiary/aromatic N) is 1. The van der Waals surface area contributed by atoms with Crippen LogP contribution in [0, 0.1) is 6.92 Å². The van der Waals surface area contributed by atoms with Gasteiger partial charge >= 0.3 is 5.97 Å². The third-order valence-electron chi connectivity index (χ3n) is 1.98. The minimum atomic E-state index is -0.814. The Balaban J connectivity index is 2.33. The Kier molecular flexibility index (Phi) is 3.41. The van der Waals surface area contributed by atoms with E-state index in [1.165, 1.54) is 11.3 Å². The summed E-state index contributed by atoms with van der Waals surface area (Å²) < 4.78 is 1.03. The van der Waals surface area contributed by atoms with Crippen molar-refractivity contribution in [1.29, 1.82) is 0 Å². The zero-order valence-electron chi connectivity index (χ0n) is 8.36. The molecule has 2 aromatic heterocycles. The molecule has 2 rings (SSSR count). The number of carboxylic acid groups (broad SMARTS) is 1. The SMILES string of the molecule is Cc1nc(-c2cc(Br)cs2)sc1CC(=O)O. The van der Waals surface area contributed by atoms with Gasteiger partial charge < -0.3 is 5.11 Å².